The van der Waals surface area contributed by atoms with Gasteiger partial charge >= 0.3 is 0 Å². The minimum Gasteiger partial charge on any atom is -0.371 e. The Morgan fingerprint density at radius 3 is 2.00 bits per heavy atom. The van der Waals surface area contributed by atoms with Gasteiger partial charge in [0, 0.05) is 31.0 Å². The molecular formula is C29H33N3O2. The van der Waals surface area contributed by atoms with Crippen molar-refractivity contribution >= 4 is 23.2 Å². The van der Waals surface area contributed by atoms with E-state index in [1.165, 1.54) is 0 Å². The van der Waals surface area contributed by atoms with Crippen LogP contribution in [0.4, 0.5) is 11.4 Å². The number of anilines is 2. The largest absolute Gasteiger partial charge is 0.371 e. The van der Waals surface area contributed by atoms with Gasteiger partial charge in [-0.15, -0.1) is 0 Å². The Morgan fingerprint density at radius 1 is 0.853 bits per heavy atom. The van der Waals surface area contributed by atoms with Crippen molar-refractivity contribution in [2.45, 2.75) is 32.6 Å². The molecule has 0 bridgehead atoms. The molecule has 0 radical (unpaired) electrons. The zero-order valence-electron chi connectivity index (χ0n) is 20.0. The quantitative estimate of drug-likeness (QED) is 0.475. The summed E-state index contributed by atoms with van der Waals surface area (Å²) in [5.41, 5.74) is 4.01. The number of amides is 2. The molecule has 3 aromatic rings. The number of hydrogen-bond donors (Lipinski definition) is 2. The highest BCUT2D eigenvalue weighted by molar-refractivity contribution is 6.03. The van der Waals surface area contributed by atoms with Crippen molar-refractivity contribution < 1.29 is 9.59 Å². The van der Waals surface area contributed by atoms with Crippen LogP contribution in [0.15, 0.2) is 78.9 Å². The molecule has 2 N–H and O–H groups in total. The number of rotatable bonds is 8. The van der Waals surface area contributed by atoms with Crippen LogP contribution in [0.5, 0.6) is 0 Å². The monoisotopic (exact) mass is 455 g/mol. The third-order valence-corrected chi connectivity index (χ3v) is 6.15. The number of nitrogens with one attached hydrogen (secondary N) is 2. The van der Waals surface area contributed by atoms with Crippen molar-refractivity contribution in [1.82, 2.24) is 5.32 Å². The molecular weight excluding hydrogens is 422 g/mol. The van der Waals surface area contributed by atoms with E-state index in [2.05, 4.69) is 29.4 Å². The average molecular weight is 456 g/mol. The molecule has 34 heavy (non-hydrogen) atoms. The van der Waals surface area contributed by atoms with E-state index in [1.54, 1.807) is 0 Å². The molecule has 3 aromatic carbocycles. The number of carbonyl (C=O) groups is 2. The van der Waals surface area contributed by atoms with Gasteiger partial charge in [-0.3, -0.25) is 9.59 Å². The summed E-state index contributed by atoms with van der Waals surface area (Å²) in [6, 6.07) is 25.2. The fraction of sp³-hybridized carbons (Fsp3) is 0.310. The molecule has 0 atom stereocenters. The van der Waals surface area contributed by atoms with Gasteiger partial charge in [0.15, 0.2) is 0 Å². The lowest BCUT2D eigenvalue weighted by atomic mass is 9.90. The lowest BCUT2D eigenvalue weighted by molar-refractivity contribution is -0.116. The second-order valence-electron chi connectivity index (χ2n) is 9.27. The predicted molar refractivity (Wildman–Crippen MR) is 138 cm³/mol. The van der Waals surface area contributed by atoms with Crippen molar-refractivity contribution in [3.05, 3.63) is 95.6 Å². The van der Waals surface area contributed by atoms with E-state index < -0.39 is 5.92 Å². The SMILES string of the molecule is CC(C)CNC(=O)c1cc(NC(=O)C(c2ccccc2)c2ccccc2)ccc1N1CCCC1. The lowest BCUT2D eigenvalue weighted by Gasteiger charge is -2.23. The fourth-order valence-corrected chi connectivity index (χ4v) is 4.42. The van der Waals surface area contributed by atoms with Gasteiger partial charge in [0.1, 0.15) is 0 Å². The van der Waals surface area contributed by atoms with Crippen LogP contribution in [0.2, 0.25) is 0 Å². The molecule has 1 aliphatic heterocycles. The summed E-state index contributed by atoms with van der Waals surface area (Å²) in [4.78, 5) is 28.9. The van der Waals surface area contributed by atoms with Crippen LogP contribution in [0.3, 0.4) is 0 Å². The maximum absolute atomic E-state index is 13.5. The highest BCUT2D eigenvalue weighted by Gasteiger charge is 2.24. The summed E-state index contributed by atoms with van der Waals surface area (Å²) in [7, 11) is 0. The molecule has 176 valence electrons. The van der Waals surface area contributed by atoms with E-state index in [9.17, 15) is 9.59 Å². The summed E-state index contributed by atoms with van der Waals surface area (Å²) in [6.45, 7) is 6.65. The Hall–Kier alpha value is -3.60. The van der Waals surface area contributed by atoms with E-state index >= 15 is 0 Å². The third-order valence-electron chi connectivity index (χ3n) is 6.15. The summed E-state index contributed by atoms with van der Waals surface area (Å²) >= 11 is 0. The summed E-state index contributed by atoms with van der Waals surface area (Å²) in [5.74, 6) is -0.312. The van der Waals surface area contributed by atoms with Crippen molar-refractivity contribution in [2.75, 3.05) is 29.9 Å². The maximum atomic E-state index is 13.5. The van der Waals surface area contributed by atoms with Crippen LogP contribution in [0.25, 0.3) is 0 Å². The second-order valence-corrected chi connectivity index (χ2v) is 9.27. The van der Waals surface area contributed by atoms with Gasteiger partial charge in [0.2, 0.25) is 5.91 Å². The van der Waals surface area contributed by atoms with Crippen LogP contribution >= 0.6 is 0 Å². The predicted octanol–water partition coefficient (Wildman–Crippen LogP) is 5.44. The van der Waals surface area contributed by atoms with Gasteiger partial charge in [-0.2, -0.15) is 0 Å². The van der Waals surface area contributed by atoms with Gasteiger partial charge in [-0.05, 0) is 48.1 Å². The van der Waals surface area contributed by atoms with Crippen LogP contribution in [-0.2, 0) is 4.79 Å². The molecule has 0 aliphatic carbocycles. The molecule has 1 saturated heterocycles. The second kappa shape index (κ2) is 11.0. The first-order valence-electron chi connectivity index (χ1n) is 12.1. The Kier molecular flexibility index (Phi) is 7.63. The van der Waals surface area contributed by atoms with Gasteiger partial charge in [0.25, 0.3) is 5.91 Å². The molecule has 2 amide bonds. The maximum Gasteiger partial charge on any atom is 0.253 e. The van der Waals surface area contributed by atoms with Gasteiger partial charge < -0.3 is 15.5 Å². The van der Waals surface area contributed by atoms with Crippen molar-refractivity contribution in [3.8, 4) is 0 Å². The van der Waals surface area contributed by atoms with E-state index in [-0.39, 0.29) is 11.8 Å². The van der Waals surface area contributed by atoms with Crippen LogP contribution in [-0.4, -0.2) is 31.4 Å². The Bertz CT molecular complexity index is 1070. The topological polar surface area (TPSA) is 61.4 Å². The van der Waals surface area contributed by atoms with Gasteiger partial charge in [0.05, 0.1) is 11.5 Å². The molecule has 5 nitrogen and oxygen atoms in total. The Labute approximate surface area is 202 Å². The zero-order chi connectivity index (χ0) is 23.9. The highest BCUT2D eigenvalue weighted by atomic mass is 16.2. The van der Waals surface area contributed by atoms with Crippen molar-refractivity contribution in [2.24, 2.45) is 5.92 Å². The number of carbonyl (C=O) groups excluding carboxylic acids is 2. The van der Waals surface area contributed by atoms with Gasteiger partial charge in [-0.1, -0.05) is 74.5 Å². The van der Waals surface area contributed by atoms with E-state index in [0.717, 1.165) is 42.7 Å². The number of benzene rings is 3. The average Bonchev–Trinajstić information content (AvgIpc) is 3.39. The highest BCUT2D eigenvalue weighted by Crippen LogP contribution is 2.30. The van der Waals surface area contributed by atoms with Crippen molar-refractivity contribution in [3.63, 3.8) is 0 Å². The summed E-state index contributed by atoms with van der Waals surface area (Å²) in [6.07, 6.45) is 2.25. The Balaban J connectivity index is 1.63. The Morgan fingerprint density at radius 2 is 1.44 bits per heavy atom. The summed E-state index contributed by atoms with van der Waals surface area (Å²) in [5, 5.41) is 6.12. The minimum absolute atomic E-state index is 0.102. The molecule has 0 unspecified atom stereocenters. The number of nitrogens with zero attached hydrogens (tertiary/aromatic N) is 1. The van der Waals surface area contributed by atoms with E-state index in [1.807, 2.05) is 78.9 Å². The molecule has 1 heterocycles. The first-order valence-corrected chi connectivity index (χ1v) is 12.1. The number of hydrogen-bond acceptors (Lipinski definition) is 3. The molecule has 0 aromatic heterocycles. The summed E-state index contributed by atoms with van der Waals surface area (Å²) < 4.78 is 0. The fourth-order valence-electron chi connectivity index (χ4n) is 4.42. The zero-order valence-corrected chi connectivity index (χ0v) is 20.0. The van der Waals surface area contributed by atoms with Crippen LogP contribution in [0, 0.1) is 5.92 Å². The normalized spacial score (nSPS) is 13.4. The molecule has 5 heteroatoms. The first-order chi connectivity index (χ1) is 16.5. The molecule has 0 spiro atoms. The third kappa shape index (κ3) is 5.66. The van der Waals surface area contributed by atoms with E-state index in [4.69, 9.17) is 0 Å². The minimum atomic E-state index is -0.445. The van der Waals surface area contributed by atoms with Crippen LogP contribution < -0.4 is 15.5 Å². The van der Waals surface area contributed by atoms with E-state index in [0.29, 0.717) is 23.7 Å². The standard InChI is InChI=1S/C29H33N3O2/c1-21(2)20-30-28(33)25-19-24(15-16-26(25)32-17-9-10-18-32)31-29(34)27(22-11-5-3-6-12-22)23-13-7-4-8-14-23/h3-8,11-16,19,21,27H,9-10,17-18,20H2,1-2H3,(H,30,33)(H,31,34). The molecule has 1 aliphatic rings. The van der Waals surface area contributed by atoms with Gasteiger partial charge in [-0.25, -0.2) is 0 Å². The molecule has 4 rings (SSSR count). The molecule has 0 saturated carbocycles. The van der Waals surface area contributed by atoms with Crippen molar-refractivity contribution in [1.29, 1.82) is 0 Å². The first kappa shape index (κ1) is 23.6. The van der Waals surface area contributed by atoms with Crippen LogP contribution in [0.1, 0.15) is 54.1 Å². The smallest absolute Gasteiger partial charge is 0.253 e. The molecule has 1 fully saturated rings. The lowest BCUT2D eigenvalue weighted by Crippen LogP contribution is -2.30.